The fourth-order valence-electron chi connectivity index (χ4n) is 3.91. The summed E-state index contributed by atoms with van der Waals surface area (Å²) in [5, 5.41) is 1.20. The van der Waals surface area contributed by atoms with Gasteiger partial charge in [0.1, 0.15) is 0 Å². The summed E-state index contributed by atoms with van der Waals surface area (Å²) in [6.45, 7) is 6.75. The van der Waals surface area contributed by atoms with Gasteiger partial charge in [0.15, 0.2) is 0 Å². The van der Waals surface area contributed by atoms with Gasteiger partial charge in [-0.3, -0.25) is 4.79 Å². The molecule has 2 aromatic carbocycles. The lowest BCUT2D eigenvalue weighted by Crippen LogP contribution is -2.29. The molecule has 0 radical (unpaired) electrons. The van der Waals surface area contributed by atoms with Crippen molar-refractivity contribution >= 4 is 16.8 Å². The first kappa shape index (κ1) is 15.7. The van der Waals surface area contributed by atoms with Gasteiger partial charge in [0.05, 0.1) is 6.04 Å². The molecule has 0 saturated carbocycles. The molecule has 25 heavy (non-hydrogen) atoms. The molecular formula is C22H22N2O. The predicted octanol–water partition coefficient (Wildman–Crippen LogP) is 4.90. The minimum atomic E-state index is -0.0103. The molecule has 4 rings (SSSR count). The van der Waals surface area contributed by atoms with Crippen molar-refractivity contribution in [2.24, 2.45) is 0 Å². The maximum Gasteiger partial charge on any atom is 0.250 e. The number of para-hydroxylation sites is 1. The second-order valence-electron chi connectivity index (χ2n) is 6.84. The van der Waals surface area contributed by atoms with Crippen molar-refractivity contribution in [1.82, 2.24) is 9.88 Å². The van der Waals surface area contributed by atoms with E-state index in [4.69, 9.17) is 0 Å². The first-order valence-electron chi connectivity index (χ1n) is 8.67. The predicted molar refractivity (Wildman–Crippen MR) is 101 cm³/mol. The number of carbonyl (C=O) groups excluding carboxylic acids is 1. The molecule has 2 heterocycles. The summed E-state index contributed by atoms with van der Waals surface area (Å²) < 4.78 is 0. The number of amides is 1. The molecule has 1 amide bonds. The van der Waals surface area contributed by atoms with E-state index in [0.29, 0.717) is 6.54 Å². The maximum absolute atomic E-state index is 12.9. The Morgan fingerprint density at radius 1 is 0.960 bits per heavy atom. The van der Waals surface area contributed by atoms with Crippen LogP contribution in [-0.4, -0.2) is 15.8 Å². The van der Waals surface area contributed by atoms with Crippen molar-refractivity contribution in [2.75, 3.05) is 0 Å². The smallest absolute Gasteiger partial charge is 0.250 e. The molecule has 0 unspecified atom stereocenters. The summed E-state index contributed by atoms with van der Waals surface area (Å²) >= 11 is 0. The number of hydrogen-bond acceptors (Lipinski definition) is 1. The van der Waals surface area contributed by atoms with Crippen LogP contribution in [0.2, 0.25) is 0 Å². The fraction of sp³-hybridized carbons (Fsp3) is 0.227. The fourth-order valence-corrected chi connectivity index (χ4v) is 3.91. The highest BCUT2D eigenvalue weighted by atomic mass is 16.2. The van der Waals surface area contributed by atoms with E-state index in [-0.39, 0.29) is 11.9 Å². The number of fused-ring (bicyclic) bond motifs is 1. The van der Waals surface area contributed by atoms with E-state index >= 15 is 0 Å². The molecule has 3 heteroatoms. The van der Waals surface area contributed by atoms with Crippen molar-refractivity contribution in [3.63, 3.8) is 0 Å². The highest BCUT2D eigenvalue weighted by Gasteiger charge is 2.37. The van der Waals surface area contributed by atoms with E-state index < -0.39 is 0 Å². The summed E-state index contributed by atoms with van der Waals surface area (Å²) in [6, 6.07) is 18.5. The number of nitrogens with one attached hydrogen (secondary N) is 1. The molecule has 0 spiro atoms. The summed E-state index contributed by atoms with van der Waals surface area (Å²) in [7, 11) is 0. The van der Waals surface area contributed by atoms with Gasteiger partial charge < -0.3 is 9.88 Å². The first-order valence-corrected chi connectivity index (χ1v) is 8.67. The zero-order valence-corrected chi connectivity index (χ0v) is 14.8. The lowest BCUT2D eigenvalue weighted by Gasteiger charge is -2.27. The van der Waals surface area contributed by atoms with Crippen molar-refractivity contribution in [3.05, 3.63) is 82.6 Å². The standard InChI is InChI=1S/C22H22N2O/c1-14-15(2)22(25)24(13-17-9-5-4-6-10-17)21(14)20-16(3)23-19-12-8-7-11-18(19)20/h4-12,21,23H,13H2,1-3H3/t21-/m1/s1. The molecule has 1 atom stereocenters. The van der Waals surface area contributed by atoms with Crippen LogP contribution in [0.25, 0.3) is 10.9 Å². The van der Waals surface area contributed by atoms with Gasteiger partial charge in [0.2, 0.25) is 0 Å². The van der Waals surface area contributed by atoms with E-state index in [2.05, 4.69) is 49.2 Å². The van der Waals surface area contributed by atoms with E-state index in [1.54, 1.807) is 0 Å². The molecule has 0 bridgehead atoms. The Morgan fingerprint density at radius 2 is 1.64 bits per heavy atom. The Bertz CT molecular complexity index is 982. The average molecular weight is 330 g/mol. The van der Waals surface area contributed by atoms with Crippen LogP contribution in [0.5, 0.6) is 0 Å². The van der Waals surface area contributed by atoms with Crippen LogP contribution >= 0.6 is 0 Å². The molecule has 0 aliphatic carbocycles. The number of H-pyrrole nitrogens is 1. The highest BCUT2D eigenvalue weighted by Crippen LogP contribution is 2.42. The van der Waals surface area contributed by atoms with Crippen LogP contribution in [-0.2, 0) is 11.3 Å². The van der Waals surface area contributed by atoms with Crippen molar-refractivity contribution in [1.29, 1.82) is 0 Å². The monoisotopic (exact) mass is 330 g/mol. The topological polar surface area (TPSA) is 36.1 Å². The Hall–Kier alpha value is -2.81. The van der Waals surface area contributed by atoms with Gasteiger partial charge >= 0.3 is 0 Å². The van der Waals surface area contributed by atoms with Crippen molar-refractivity contribution in [2.45, 2.75) is 33.4 Å². The molecular weight excluding hydrogens is 308 g/mol. The van der Waals surface area contributed by atoms with E-state index in [9.17, 15) is 4.79 Å². The number of hydrogen-bond donors (Lipinski definition) is 1. The summed E-state index contributed by atoms with van der Waals surface area (Å²) in [6.07, 6.45) is 0. The van der Waals surface area contributed by atoms with Crippen LogP contribution in [0, 0.1) is 6.92 Å². The number of aromatic amines is 1. The third-order valence-electron chi connectivity index (χ3n) is 5.31. The number of nitrogens with zero attached hydrogens (tertiary/aromatic N) is 1. The van der Waals surface area contributed by atoms with Gasteiger partial charge in [-0.05, 0) is 38.0 Å². The number of benzene rings is 2. The second kappa shape index (κ2) is 5.92. The molecule has 0 fully saturated rings. The molecule has 1 N–H and O–H groups in total. The lowest BCUT2D eigenvalue weighted by atomic mass is 9.96. The van der Waals surface area contributed by atoms with Gasteiger partial charge in [0.25, 0.3) is 5.91 Å². The average Bonchev–Trinajstić information content (AvgIpc) is 3.05. The van der Waals surface area contributed by atoms with Gasteiger partial charge in [-0.2, -0.15) is 0 Å². The highest BCUT2D eigenvalue weighted by molar-refractivity contribution is 5.98. The minimum Gasteiger partial charge on any atom is -0.358 e. The van der Waals surface area contributed by atoms with Gasteiger partial charge in [0, 0.05) is 34.3 Å². The number of aromatic nitrogens is 1. The summed E-state index contributed by atoms with van der Waals surface area (Å²) in [4.78, 5) is 18.4. The second-order valence-corrected chi connectivity index (χ2v) is 6.84. The van der Waals surface area contributed by atoms with Gasteiger partial charge in [-0.1, -0.05) is 48.5 Å². The largest absolute Gasteiger partial charge is 0.358 e. The molecule has 1 aromatic heterocycles. The number of carbonyl (C=O) groups is 1. The van der Waals surface area contributed by atoms with Crippen LogP contribution in [0.1, 0.15) is 36.7 Å². The van der Waals surface area contributed by atoms with E-state index in [0.717, 1.165) is 27.9 Å². The Morgan fingerprint density at radius 3 is 2.40 bits per heavy atom. The van der Waals surface area contributed by atoms with Crippen LogP contribution in [0.15, 0.2) is 65.7 Å². The van der Waals surface area contributed by atoms with Gasteiger partial charge in [-0.25, -0.2) is 0 Å². The van der Waals surface area contributed by atoms with Crippen LogP contribution in [0.3, 0.4) is 0 Å². The van der Waals surface area contributed by atoms with Gasteiger partial charge in [-0.15, -0.1) is 0 Å². The maximum atomic E-state index is 12.9. The molecule has 1 aliphatic rings. The number of rotatable bonds is 3. The molecule has 3 nitrogen and oxygen atoms in total. The van der Waals surface area contributed by atoms with Crippen molar-refractivity contribution in [3.8, 4) is 0 Å². The first-order chi connectivity index (χ1) is 12.1. The zero-order valence-electron chi connectivity index (χ0n) is 14.8. The summed E-state index contributed by atoms with van der Waals surface area (Å²) in [5.74, 6) is 0.135. The minimum absolute atomic E-state index is 0.0103. The Balaban J connectivity index is 1.84. The van der Waals surface area contributed by atoms with E-state index in [1.165, 1.54) is 10.9 Å². The zero-order chi connectivity index (χ0) is 17.6. The molecule has 1 aliphatic heterocycles. The third kappa shape index (κ3) is 2.47. The quantitative estimate of drug-likeness (QED) is 0.729. The Labute approximate surface area is 148 Å². The Kier molecular flexibility index (Phi) is 3.72. The SMILES string of the molecule is CC1=C(C)[C@H](c2c(C)[nH]c3ccccc23)N(Cc2ccccc2)C1=O. The number of aryl methyl sites for hydroxylation is 1. The van der Waals surface area contributed by atoms with Crippen LogP contribution < -0.4 is 0 Å². The van der Waals surface area contributed by atoms with Crippen LogP contribution in [0.4, 0.5) is 0 Å². The lowest BCUT2D eigenvalue weighted by molar-refractivity contribution is -0.127. The molecule has 126 valence electrons. The normalized spacial score (nSPS) is 17.8. The third-order valence-corrected chi connectivity index (χ3v) is 5.31. The van der Waals surface area contributed by atoms with E-state index in [1.807, 2.05) is 36.1 Å². The molecule has 3 aromatic rings. The van der Waals surface area contributed by atoms with Crippen molar-refractivity contribution < 1.29 is 4.79 Å². The summed E-state index contributed by atoms with van der Waals surface area (Å²) in [5.41, 5.74) is 6.64. The molecule has 0 saturated heterocycles.